The van der Waals surface area contributed by atoms with Crippen molar-refractivity contribution in [2.75, 3.05) is 0 Å². The minimum Gasteiger partial charge on any atom is -0.507 e. The van der Waals surface area contributed by atoms with Crippen LogP contribution in [0.15, 0.2) is 38.0 Å². The first-order valence-electron chi connectivity index (χ1n) is 5.68. The molecule has 0 heterocycles. The average molecular weight is 246 g/mol. The van der Waals surface area contributed by atoms with Crippen molar-refractivity contribution in [3.8, 4) is 17.2 Å². The molecule has 0 bridgehead atoms. The highest BCUT2D eigenvalue weighted by Crippen LogP contribution is 2.43. The average Bonchev–Trinajstić information content (AvgIpc) is 2.35. The molecule has 0 fully saturated rings. The Morgan fingerprint density at radius 3 is 1.00 bits per heavy atom. The van der Waals surface area contributed by atoms with Gasteiger partial charge in [0.25, 0.3) is 0 Å². The van der Waals surface area contributed by atoms with Gasteiger partial charge >= 0.3 is 0 Å². The Bertz CT molecular complexity index is 394. The molecule has 0 aliphatic rings. The predicted octanol–water partition coefficient (Wildman–Crippen LogP) is 2.99. The summed E-state index contributed by atoms with van der Waals surface area (Å²) in [5.74, 6) is -0.298. The fourth-order valence-corrected chi connectivity index (χ4v) is 1.90. The Hall–Kier alpha value is -2.16. The second-order valence-corrected chi connectivity index (χ2v) is 3.96. The van der Waals surface area contributed by atoms with Crippen molar-refractivity contribution >= 4 is 0 Å². The first-order valence-corrected chi connectivity index (χ1v) is 5.68. The van der Waals surface area contributed by atoms with E-state index in [-0.39, 0.29) is 17.2 Å². The monoisotopic (exact) mass is 246 g/mol. The maximum absolute atomic E-state index is 10.1. The van der Waals surface area contributed by atoms with E-state index in [0.29, 0.717) is 36.0 Å². The van der Waals surface area contributed by atoms with Crippen molar-refractivity contribution in [3.63, 3.8) is 0 Å². The molecule has 0 saturated carbocycles. The Morgan fingerprint density at radius 2 is 0.833 bits per heavy atom. The van der Waals surface area contributed by atoms with Gasteiger partial charge < -0.3 is 15.3 Å². The molecule has 1 aromatic carbocycles. The van der Waals surface area contributed by atoms with Crippen molar-refractivity contribution < 1.29 is 15.3 Å². The lowest BCUT2D eigenvalue weighted by atomic mass is 9.95. The van der Waals surface area contributed by atoms with Gasteiger partial charge in [-0.1, -0.05) is 18.2 Å². The van der Waals surface area contributed by atoms with Crippen LogP contribution in [-0.2, 0) is 19.3 Å². The second kappa shape index (κ2) is 5.96. The molecule has 0 spiro atoms. The minimum absolute atomic E-state index is 0.0994. The third-order valence-corrected chi connectivity index (χ3v) is 2.76. The highest BCUT2D eigenvalue weighted by atomic mass is 16.3. The largest absolute Gasteiger partial charge is 0.507 e. The SMILES string of the molecule is C=CCc1c(O)c(CC=C)c(O)c(CC=C)c1O. The van der Waals surface area contributed by atoms with E-state index in [2.05, 4.69) is 19.7 Å². The molecule has 3 heteroatoms. The zero-order valence-electron chi connectivity index (χ0n) is 10.3. The molecule has 0 radical (unpaired) electrons. The molecule has 3 nitrogen and oxygen atoms in total. The smallest absolute Gasteiger partial charge is 0.130 e. The van der Waals surface area contributed by atoms with Gasteiger partial charge in [0.15, 0.2) is 0 Å². The summed E-state index contributed by atoms with van der Waals surface area (Å²) < 4.78 is 0. The predicted molar refractivity (Wildman–Crippen MR) is 73.1 cm³/mol. The third kappa shape index (κ3) is 2.40. The molecular weight excluding hydrogens is 228 g/mol. The van der Waals surface area contributed by atoms with E-state index >= 15 is 0 Å². The van der Waals surface area contributed by atoms with Crippen molar-refractivity contribution in [3.05, 3.63) is 54.7 Å². The van der Waals surface area contributed by atoms with Crippen LogP contribution in [0, 0.1) is 0 Å². The van der Waals surface area contributed by atoms with Gasteiger partial charge in [0, 0.05) is 16.7 Å². The molecule has 1 aromatic rings. The van der Waals surface area contributed by atoms with E-state index in [9.17, 15) is 15.3 Å². The Morgan fingerprint density at radius 1 is 0.611 bits per heavy atom. The van der Waals surface area contributed by atoms with Crippen molar-refractivity contribution in [2.24, 2.45) is 0 Å². The summed E-state index contributed by atoms with van der Waals surface area (Å²) in [7, 11) is 0. The normalized spacial score (nSPS) is 10.0. The van der Waals surface area contributed by atoms with Crippen LogP contribution in [0.4, 0.5) is 0 Å². The van der Waals surface area contributed by atoms with Crippen LogP contribution in [0.25, 0.3) is 0 Å². The van der Waals surface area contributed by atoms with Gasteiger partial charge in [-0.2, -0.15) is 0 Å². The van der Waals surface area contributed by atoms with Gasteiger partial charge in [-0.05, 0) is 19.3 Å². The van der Waals surface area contributed by atoms with Crippen LogP contribution in [0.3, 0.4) is 0 Å². The van der Waals surface area contributed by atoms with Gasteiger partial charge in [-0.25, -0.2) is 0 Å². The van der Waals surface area contributed by atoms with Crippen LogP contribution >= 0.6 is 0 Å². The maximum atomic E-state index is 10.1. The van der Waals surface area contributed by atoms with Crippen LogP contribution in [0.1, 0.15) is 16.7 Å². The quantitative estimate of drug-likeness (QED) is 0.676. The molecule has 96 valence electrons. The molecule has 0 aliphatic carbocycles. The lowest BCUT2D eigenvalue weighted by Gasteiger charge is -2.16. The number of rotatable bonds is 6. The number of phenolic OH excluding ortho intramolecular Hbond substituents is 3. The molecule has 0 unspecified atom stereocenters. The highest BCUT2D eigenvalue weighted by Gasteiger charge is 2.21. The minimum atomic E-state index is -0.0994. The first kappa shape index (κ1) is 13.9. The van der Waals surface area contributed by atoms with Crippen LogP contribution < -0.4 is 0 Å². The number of hydrogen-bond donors (Lipinski definition) is 3. The van der Waals surface area contributed by atoms with Gasteiger partial charge in [-0.15, -0.1) is 19.7 Å². The summed E-state index contributed by atoms with van der Waals surface area (Å²) in [6.45, 7) is 10.8. The van der Waals surface area contributed by atoms with Gasteiger partial charge in [-0.3, -0.25) is 0 Å². The molecule has 0 aromatic heterocycles. The number of hydrogen-bond acceptors (Lipinski definition) is 3. The molecule has 3 N–H and O–H groups in total. The summed E-state index contributed by atoms with van der Waals surface area (Å²) in [6, 6.07) is 0. The molecule has 0 amide bonds. The Labute approximate surface area is 107 Å². The van der Waals surface area contributed by atoms with E-state index in [1.165, 1.54) is 0 Å². The number of allylic oxidation sites excluding steroid dienone is 3. The third-order valence-electron chi connectivity index (χ3n) is 2.76. The Kier molecular flexibility index (Phi) is 4.60. The summed E-state index contributed by atoms with van der Waals surface area (Å²) >= 11 is 0. The van der Waals surface area contributed by atoms with E-state index in [4.69, 9.17) is 0 Å². The number of phenols is 3. The molecule has 0 atom stereocenters. The molecule has 18 heavy (non-hydrogen) atoms. The van der Waals surface area contributed by atoms with Crippen LogP contribution in [0.5, 0.6) is 17.2 Å². The molecule has 0 saturated heterocycles. The van der Waals surface area contributed by atoms with E-state index in [1.54, 1.807) is 18.2 Å². The molecule has 1 rings (SSSR count). The zero-order chi connectivity index (χ0) is 13.7. The van der Waals surface area contributed by atoms with Gasteiger partial charge in [0.05, 0.1) is 0 Å². The summed E-state index contributed by atoms with van der Waals surface area (Å²) in [5.41, 5.74) is 1.12. The molecule has 0 aliphatic heterocycles. The van der Waals surface area contributed by atoms with Crippen molar-refractivity contribution in [1.82, 2.24) is 0 Å². The van der Waals surface area contributed by atoms with Gasteiger partial charge in [0.2, 0.25) is 0 Å². The van der Waals surface area contributed by atoms with Crippen molar-refractivity contribution in [2.45, 2.75) is 19.3 Å². The highest BCUT2D eigenvalue weighted by molar-refractivity contribution is 5.62. The second-order valence-electron chi connectivity index (χ2n) is 3.96. The van der Waals surface area contributed by atoms with Gasteiger partial charge in [0.1, 0.15) is 17.2 Å². The summed E-state index contributed by atoms with van der Waals surface area (Å²) in [4.78, 5) is 0. The Balaban J connectivity index is 3.56. The summed E-state index contributed by atoms with van der Waals surface area (Å²) in [5, 5.41) is 30.2. The maximum Gasteiger partial charge on any atom is 0.130 e. The van der Waals surface area contributed by atoms with E-state index in [0.717, 1.165) is 0 Å². The van der Waals surface area contributed by atoms with Crippen molar-refractivity contribution in [1.29, 1.82) is 0 Å². The van der Waals surface area contributed by atoms with E-state index in [1.807, 2.05) is 0 Å². The first-order chi connectivity index (χ1) is 8.58. The lowest BCUT2D eigenvalue weighted by Crippen LogP contribution is -1.97. The topological polar surface area (TPSA) is 60.7 Å². The van der Waals surface area contributed by atoms with E-state index < -0.39 is 0 Å². The zero-order valence-corrected chi connectivity index (χ0v) is 10.3. The van der Waals surface area contributed by atoms with Crippen LogP contribution in [-0.4, -0.2) is 15.3 Å². The molecular formula is C15H18O3. The lowest BCUT2D eigenvalue weighted by molar-refractivity contribution is 0.407. The van der Waals surface area contributed by atoms with Crippen LogP contribution in [0.2, 0.25) is 0 Å². The number of aromatic hydroxyl groups is 3. The summed E-state index contributed by atoms with van der Waals surface area (Å²) in [6.07, 6.45) is 5.73. The fourth-order valence-electron chi connectivity index (χ4n) is 1.90. The standard InChI is InChI=1S/C15H18O3/c1-4-7-10-13(16)11(8-5-2)15(18)12(9-6-3)14(10)17/h4-6,16-18H,1-3,7-9H2. The fraction of sp³-hybridized carbons (Fsp3) is 0.200. The number of benzene rings is 1.